The minimum Gasteiger partial charge on any atom is -0.496 e. The van der Waals surface area contributed by atoms with E-state index in [-0.39, 0.29) is 17.1 Å². The van der Waals surface area contributed by atoms with Crippen LogP contribution in [0.3, 0.4) is 0 Å². The van der Waals surface area contributed by atoms with E-state index in [9.17, 15) is 15.0 Å². The molecular weight excluding hydrogens is 268 g/mol. The summed E-state index contributed by atoms with van der Waals surface area (Å²) in [5.41, 5.74) is 0.133. The van der Waals surface area contributed by atoms with Crippen molar-refractivity contribution < 1.29 is 34.0 Å². The Morgan fingerprint density at radius 1 is 1.00 bits per heavy atom. The zero-order valence-corrected chi connectivity index (χ0v) is 11.7. The summed E-state index contributed by atoms with van der Waals surface area (Å²) in [5.74, 6) is -0.0760. The van der Waals surface area contributed by atoms with Crippen molar-refractivity contribution in [3.05, 3.63) is 17.7 Å². The van der Waals surface area contributed by atoms with Gasteiger partial charge in [-0.15, -0.1) is 0 Å². The van der Waals surface area contributed by atoms with Gasteiger partial charge in [0.15, 0.2) is 6.10 Å². The number of aliphatic hydroxyl groups excluding tert-OH is 2. The van der Waals surface area contributed by atoms with Crippen molar-refractivity contribution in [1.29, 1.82) is 0 Å². The van der Waals surface area contributed by atoms with E-state index >= 15 is 0 Å². The molecule has 20 heavy (non-hydrogen) atoms. The topological polar surface area (TPSA) is 94.5 Å². The van der Waals surface area contributed by atoms with Crippen molar-refractivity contribution in [3.63, 3.8) is 0 Å². The number of rotatable bonds is 6. The maximum Gasteiger partial charge on any atom is 0.337 e. The van der Waals surface area contributed by atoms with Gasteiger partial charge in [-0.2, -0.15) is 0 Å². The van der Waals surface area contributed by atoms with E-state index < -0.39 is 18.2 Å². The van der Waals surface area contributed by atoms with Crippen molar-refractivity contribution in [2.75, 3.05) is 28.4 Å². The van der Waals surface area contributed by atoms with E-state index in [1.807, 2.05) is 0 Å². The zero-order valence-electron chi connectivity index (χ0n) is 11.7. The zero-order chi connectivity index (χ0) is 15.3. The second kappa shape index (κ2) is 6.97. The molecule has 0 saturated heterocycles. The van der Waals surface area contributed by atoms with Gasteiger partial charge in [-0.25, -0.2) is 4.79 Å². The van der Waals surface area contributed by atoms with Gasteiger partial charge < -0.3 is 29.2 Å². The van der Waals surface area contributed by atoms with E-state index in [1.165, 1.54) is 33.5 Å². The molecule has 0 spiro atoms. The van der Waals surface area contributed by atoms with Crippen LogP contribution in [0.5, 0.6) is 17.2 Å². The van der Waals surface area contributed by atoms with Gasteiger partial charge in [-0.3, -0.25) is 0 Å². The highest BCUT2D eigenvalue weighted by atomic mass is 16.5. The van der Waals surface area contributed by atoms with Crippen LogP contribution in [-0.2, 0) is 9.53 Å². The Labute approximate surface area is 116 Å². The first-order chi connectivity index (χ1) is 9.49. The maximum absolute atomic E-state index is 11.3. The molecule has 0 fully saturated rings. The SMILES string of the molecule is COC(=O)C(O)C(O)c1c(OC)cc(OC)cc1OC. The summed E-state index contributed by atoms with van der Waals surface area (Å²) in [5, 5.41) is 19.9. The molecule has 2 N–H and O–H groups in total. The van der Waals surface area contributed by atoms with Crippen molar-refractivity contribution in [1.82, 2.24) is 0 Å². The van der Waals surface area contributed by atoms with Crippen LogP contribution in [0.15, 0.2) is 12.1 Å². The molecule has 0 saturated carbocycles. The molecule has 0 heterocycles. The van der Waals surface area contributed by atoms with Crippen LogP contribution in [0.1, 0.15) is 11.7 Å². The first-order valence-corrected chi connectivity index (χ1v) is 5.74. The summed E-state index contributed by atoms with van der Waals surface area (Å²) in [4.78, 5) is 11.3. The van der Waals surface area contributed by atoms with Gasteiger partial charge in [-0.1, -0.05) is 0 Å². The highest BCUT2D eigenvalue weighted by molar-refractivity contribution is 5.75. The minimum absolute atomic E-state index is 0.133. The van der Waals surface area contributed by atoms with Gasteiger partial charge in [0.05, 0.1) is 34.0 Å². The van der Waals surface area contributed by atoms with E-state index in [1.54, 1.807) is 0 Å². The Hall–Kier alpha value is -1.99. The third kappa shape index (κ3) is 3.12. The largest absolute Gasteiger partial charge is 0.496 e. The highest BCUT2D eigenvalue weighted by Crippen LogP contribution is 2.39. The quantitative estimate of drug-likeness (QED) is 0.725. The third-order valence-corrected chi connectivity index (χ3v) is 2.79. The summed E-state index contributed by atoms with van der Waals surface area (Å²) in [6.45, 7) is 0. The van der Waals surface area contributed by atoms with Gasteiger partial charge in [0.2, 0.25) is 0 Å². The smallest absolute Gasteiger partial charge is 0.337 e. The molecule has 1 aromatic rings. The minimum atomic E-state index is -1.75. The molecule has 1 aromatic carbocycles. The van der Waals surface area contributed by atoms with Crippen LogP contribution >= 0.6 is 0 Å². The average molecular weight is 286 g/mol. The predicted octanol–water partition coefficient (Wildman–Crippen LogP) is 0.280. The van der Waals surface area contributed by atoms with Crippen molar-refractivity contribution >= 4 is 5.97 Å². The van der Waals surface area contributed by atoms with Crippen LogP contribution in [0.2, 0.25) is 0 Å². The summed E-state index contributed by atoms with van der Waals surface area (Å²) in [7, 11) is 5.35. The number of carbonyl (C=O) groups excluding carboxylic acids is 1. The first kappa shape index (κ1) is 16.1. The lowest BCUT2D eigenvalue weighted by atomic mass is 10.0. The summed E-state index contributed by atoms with van der Waals surface area (Å²) in [6.07, 6.45) is -3.31. The van der Waals surface area contributed by atoms with Crippen molar-refractivity contribution in [3.8, 4) is 17.2 Å². The number of benzene rings is 1. The normalized spacial score (nSPS) is 13.3. The monoisotopic (exact) mass is 286 g/mol. The predicted molar refractivity (Wildman–Crippen MR) is 69.1 cm³/mol. The Bertz CT molecular complexity index is 447. The average Bonchev–Trinajstić information content (AvgIpc) is 2.50. The maximum atomic E-state index is 11.3. The fourth-order valence-electron chi connectivity index (χ4n) is 1.73. The Morgan fingerprint density at radius 2 is 1.50 bits per heavy atom. The molecule has 1 rings (SSSR count). The Balaban J connectivity index is 3.30. The Kier molecular flexibility index (Phi) is 5.60. The van der Waals surface area contributed by atoms with Crippen LogP contribution in [0, 0.1) is 0 Å². The highest BCUT2D eigenvalue weighted by Gasteiger charge is 2.32. The third-order valence-electron chi connectivity index (χ3n) is 2.79. The van der Waals surface area contributed by atoms with Gasteiger partial charge in [0.1, 0.15) is 23.4 Å². The molecular formula is C13H18O7. The molecule has 0 bridgehead atoms. The molecule has 112 valence electrons. The van der Waals surface area contributed by atoms with E-state index in [2.05, 4.69) is 4.74 Å². The first-order valence-electron chi connectivity index (χ1n) is 5.74. The van der Waals surface area contributed by atoms with E-state index in [4.69, 9.17) is 14.2 Å². The number of aliphatic hydroxyl groups is 2. The molecule has 0 aliphatic heterocycles. The van der Waals surface area contributed by atoms with Crippen LogP contribution < -0.4 is 14.2 Å². The molecule has 7 heteroatoms. The molecule has 7 nitrogen and oxygen atoms in total. The van der Waals surface area contributed by atoms with Gasteiger partial charge in [0, 0.05) is 12.1 Å². The number of hydrogen-bond donors (Lipinski definition) is 2. The summed E-state index contributed by atoms with van der Waals surface area (Å²) < 4.78 is 19.7. The standard InChI is InChI=1S/C13H18O7/c1-17-7-5-8(18-2)10(9(6-7)19-3)11(14)12(15)13(16)20-4/h5-6,11-12,14-15H,1-4H3. The lowest BCUT2D eigenvalue weighted by Gasteiger charge is -2.21. The second-order valence-electron chi connectivity index (χ2n) is 3.86. The van der Waals surface area contributed by atoms with Crippen LogP contribution in [0.25, 0.3) is 0 Å². The van der Waals surface area contributed by atoms with Crippen LogP contribution in [-0.4, -0.2) is 50.7 Å². The second-order valence-corrected chi connectivity index (χ2v) is 3.86. The van der Waals surface area contributed by atoms with Crippen molar-refractivity contribution in [2.24, 2.45) is 0 Å². The fraction of sp³-hybridized carbons (Fsp3) is 0.462. The van der Waals surface area contributed by atoms with E-state index in [0.717, 1.165) is 7.11 Å². The summed E-state index contributed by atoms with van der Waals surface area (Å²) >= 11 is 0. The lowest BCUT2D eigenvalue weighted by Crippen LogP contribution is -2.29. The fourth-order valence-corrected chi connectivity index (χ4v) is 1.73. The molecule has 0 amide bonds. The number of hydrogen-bond acceptors (Lipinski definition) is 7. The van der Waals surface area contributed by atoms with Gasteiger partial charge in [0.25, 0.3) is 0 Å². The number of ether oxygens (including phenoxy) is 4. The number of carbonyl (C=O) groups is 1. The van der Waals surface area contributed by atoms with Crippen LogP contribution in [0.4, 0.5) is 0 Å². The molecule has 0 aliphatic rings. The molecule has 0 aromatic heterocycles. The molecule has 2 atom stereocenters. The lowest BCUT2D eigenvalue weighted by molar-refractivity contribution is -0.156. The van der Waals surface area contributed by atoms with Crippen molar-refractivity contribution in [2.45, 2.75) is 12.2 Å². The van der Waals surface area contributed by atoms with Gasteiger partial charge >= 0.3 is 5.97 Å². The van der Waals surface area contributed by atoms with Gasteiger partial charge in [-0.05, 0) is 0 Å². The Morgan fingerprint density at radius 3 is 1.85 bits per heavy atom. The van der Waals surface area contributed by atoms with E-state index in [0.29, 0.717) is 5.75 Å². The number of methoxy groups -OCH3 is 4. The summed E-state index contributed by atoms with van der Waals surface area (Å²) in [6, 6.07) is 3.01. The molecule has 2 unspecified atom stereocenters. The molecule has 0 aliphatic carbocycles. The number of esters is 1. The molecule has 0 radical (unpaired) electrons.